The first kappa shape index (κ1) is 25.0. The summed E-state index contributed by atoms with van der Waals surface area (Å²) < 4.78 is 5.42. The van der Waals surface area contributed by atoms with Crippen LogP contribution >= 0.6 is 35.3 Å². The van der Waals surface area contributed by atoms with Gasteiger partial charge in [-0.2, -0.15) is 0 Å². The number of carbonyl (C=O) groups excluding carboxylic acids is 1. The van der Waals surface area contributed by atoms with Crippen molar-refractivity contribution in [1.82, 2.24) is 15.1 Å². The lowest BCUT2D eigenvalue weighted by molar-refractivity contribution is 0.0263. The number of guanidine groups is 1. The Bertz CT molecular complexity index is 544. The van der Waals surface area contributed by atoms with Crippen LogP contribution in [0.3, 0.4) is 0 Å². The van der Waals surface area contributed by atoms with Crippen LogP contribution in [0.15, 0.2) is 22.5 Å². The Hall–Kier alpha value is -1.03. The lowest BCUT2D eigenvalue weighted by Gasteiger charge is -2.27. The van der Waals surface area contributed by atoms with E-state index in [0.29, 0.717) is 19.6 Å². The molecule has 0 bridgehead atoms. The molecule has 0 saturated heterocycles. The van der Waals surface area contributed by atoms with E-state index in [-0.39, 0.29) is 30.1 Å². The molecule has 0 radical (unpaired) electrons. The summed E-state index contributed by atoms with van der Waals surface area (Å²) in [5.41, 5.74) is -0.476. The van der Waals surface area contributed by atoms with Gasteiger partial charge in [-0.15, -0.1) is 35.3 Å². The van der Waals surface area contributed by atoms with Gasteiger partial charge in [-0.05, 0) is 45.6 Å². The minimum absolute atomic E-state index is 0. The number of likely N-dealkylation sites (N-methyl/N-ethyl adjacent to an activating group) is 2. The standard InChI is InChI=1S/C18H32N4O2S.HI/c1-7-22(17(23)24-18(2,3)4)13-11-20-16(19-5)21(6)12-10-15-9-8-14-25-15;/h8-9,14H,7,10-13H2,1-6H3,(H,19,20);1H. The maximum Gasteiger partial charge on any atom is 0.410 e. The maximum atomic E-state index is 12.1. The third kappa shape index (κ3) is 9.61. The largest absolute Gasteiger partial charge is 0.444 e. The summed E-state index contributed by atoms with van der Waals surface area (Å²) in [6, 6.07) is 4.22. The average molecular weight is 496 g/mol. The first-order valence-electron chi connectivity index (χ1n) is 8.69. The maximum absolute atomic E-state index is 12.1. The van der Waals surface area contributed by atoms with Gasteiger partial charge in [0.15, 0.2) is 5.96 Å². The summed E-state index contributed by atoms with van der Waals surface area (Å²) in [5.74, 6) is 0.830. The molecule has 0 atom stereocenters. The molecule has 1 aromatic rings. The Morgan fingerprint density at radius 2 is 2.04 bits per heavy atom. The van der Waals surface area contributed by atoms with E-state index in [9.17, 15) is 4.79 Å². The van der Waals surface area contributed by atoms with Crippen LogP contribution in [-0.2, 0) is 11.2 Å². The van der Waals surface area contributed by atoms with Crippen LogP contribution in [0.25, 0.3) is 0 Å². The van der Waals surface area contributed by atoms with E-state index in [0.717, 1.165) is 18.9 Å². The van der Waals surface area contributed by atoms with Gasteiger partial charge in [-0.1, -0.05) is 6.07 Å². The molecule has 150 valence electrons. The highest BCUT2D eigenvalue weighted by atomic mass is 127. The van der Waals surface area contributed by atoms with Crippen LogP contribution < -0.4 is 5.32 Å². The number of thiophene rings is 1. The molecule has 1 rings (SSSR count). The van der Waals surface area contributed by atoms with Gasteiger partial charge in [-0.3, -0.25) is 4.99 Å². The van der Waals surface area contributed by atoms with Crippen molar-refractivity contribution in [3.63, 3.8) is 0 Å². The summed E-state index contributed by atoms with van der Waals surface area (Å²) >= 11 is 1.77. The zero-order valence-electron chi connectivity index (χ0n) is 16.7. The lowest BCUT2D eigenvalue weighted by Crippen LogP contribution is -2.45. The van der Waals surface area contributed by atoms with Crippen molar-refractivity contribution in [2.24, 2.45) is 4.99 Å². The summed E-state index contributed by atoms with van der Waals surface area (Å²) in [4.78, 5) is 21.6. The molecule has 1 N–H and O–H groups in total. The van der Waals surface area contributed by atoms with Crippen molar-refractivity contribution in [1.29, 1.82) is 0 Å². The molecule has 0 unspecified atom stereocenters. The van der Waals surface area contributed by atoms with E-state index in [1.54, 1.807) is 23.3 Å². The van der Waals surface area contributed by atoms with Gasteiger partial charge < -0.3 is 19.9 Å². The third-order valence-corrected chi connectivity index (χ3v) is 4.48. The number of aliphatic imine (C=N–C) groups is 1. The second kappa shape index (κ2) is 12.4. The van der Waals surface area contributed by atoms with Gasteiger partial charge in [-0.25, -0.2) is 4.79 Å². The fourth-order valence-corrected chi connectivity index (χ4v) is 2.93. The molecule has 0 aliphatic heterocycles. The second-order valence-electron chi connectivity index (χ2n) is 6.78. The quantitative estimate of drug-likeness (QED) is 0.356. The van der Waals surface area contributed by atoms with Gasteiger partial charge in [0.25, 0.3) is 0 Å². The first-order valence-corrected chi connectivity index (χ1v) is 9.57. The van der Waals surface area contributed by atoms with Crippen molar-refractivity contribution in [2.45, 2.75) is 39.7 Å². The van der Waals surface area contributed by atoms with Crippen molar-refractivity contribution in [3.05, 3.63) is 22.4 Å². The number of halogens is 1. The lowest BCUT2D eigenvalue weighted by atomic mass is 10.2. The molecule has 0 saturated carbocycles. The Morgan fingerprint density at radius 1 is 1.35 bits per heavy atom. The van der Waals surface area contributed by atoms with E-state index in [4.69, 9.17) is 4.74 Å². The van der Waals surface area contributed by atoms with Crippen molar-refractivity contribution < 1.29 is 9.53 Å². The molecule has 6 nitrogen and oxygen atoms in total. The smallest absolute Gasteiger partial charge is 0.410 e. The molecule has 1 aromatic heterocycles. The minimum atomic E-state index is -0.476. The van der Waals surface area contributed by atoms with Crippen LogP contribution in [0, 0.1) is 0 Å². The van der Waals surface area contributed by atoms with Gasteiger partial charge in [0.05, 0.1) is 0 Å². The number of hydrogen-bond acceptors (Lipinski definition) is 4. The number of nitrogens with one attached hydrogen (secondary N) is 1. The summed E-state index contributed by atoms with van der Waals surface area (Å²) in [5, 5.41) is 5.41. The highest BCUT2D eigenvalue weighted by Crippen LogP contribution is 2.10. The zero-order valence-corrected chi connectivity index (χ0v) is 19.9. The monoisotopic (exact) mass is 496 g/mol. The third-order valence-electron chi connectivity index (χ3n) is 3.55. The van der Waals surface area contributed by atoms with Crippen molar-refractivity contribution >= 4 is 47.4 Å². The summed E-state index contributed by atoms with van der Waals surface area (Å²) in [7, 11) is 3.80. The van der Waals surface area contributed by atoms with E-state index in [1.165, 1.54) is 4.88 Å². The molecule has 1 heterocycles. The number of nitrogens with zero attached hydrogens (tertiary/aromatic N) is 3. The summed E-state index contributed by atoms with van der Waals surface area (Å²) in [6.07, 6.45) is 0.714. The number of hydrogen-bond donors (Lipinski definition) is 1. The number of carbonyl (C=O) groups is 1. The van der Waals surface area contributed by atoms with Crippen LogP contribution in [0.2, 0.25) is 0 Å². The van der Waals surface area contributed by atoms with Gasteiger partial charge >= 0.3 is 6.09 Å². The molecule has 8 heteroatoms. The van der Waals surface area contributed by atoms with E-state index in [2.05, 4.69) is 32.7 Å². The molecular formula is C18H33IN4O2S. The van der Waals surface area contributed by atoms with Crippen molar-refractivity contribution in [2.75, 3.05) is 40.3 Å². The van der Waals surface area contributed by atoms with E-state index >= 15 is 0 Å². The Balaban J connectivity index is 0.00000625. The SMILES string of the molecule is CCN(CCNC(=NC)N(C)CCc1cccs1)C(=O)OC(C)(C)C.I. The molecular weight excluding hydrogens is 463 g/mol. The highest BCUT2D eigenvalue weighted by molar-refractivity contribution is 14.0. The number of ether oxygens (including phenoxy) is 1. The molecule has 0 aliphatic rings. The van der Waals surface area contributed by atoms with Crippen LogP contribution in [0.1, 0.15) is 32.6 Å². The molecule has 0 aromatic carbocycles. The Labute approximate surface area is 179 Å². The Kier molecular flexibility index (Phi) is 11.9. The zero-order chi connectivity index (χ0) is 18.9. The normalized spacial score (nSPS) is 11.5. The van der Waals surface area contributed by atoms with E-state index in [1.807, 2.05) is 34.7 Å². The Morgan fingerprint density at radius 3 is 2.54 bits per heavy atom. The number of amides is 1. The molecule has 1 amide bonds. The van der Waals surface area contributed by atoms with Gasteiger partial charge in [0, 0.05) is 45.2 Å². The highest BCUT2D eigenvalue weighted by Gasteiger charge is 2.20. The predicted octanol–water partition coefficient (Wildman–Crippen LogP) is 3.67. The molecule has 26 heavy (non-hydrogen) atoms. The first-order chi connectivity index (χ1) is 11.8. The fourth-order valence-electron chi connectivity index (χ4n) is 2.23. The summed E-state index contributed by atoms with van der Waals surface area (Å²) in [6.45, 7) is 10.3. The van der Waals surface area contributed by atoms with Gasteiger partial charge in [0.1, 0.15) is 5.60 Å². The fraction of sp³-hybridized carbons (Fsp3) is 0.667. The van der Waals surface area contributed by atoms with Crippen molar-refractivity contribution in [3.8, 4) is 0 Å². The van der Waals surface area contributed by atoms with E-state index < -0.39 is 5.60 Å². The molecule has 0 aliphatic carbocycles. The predicted molar refractivity (Wildman–Crippen MR) is 121 cm³/mol. The van der Waals surface area contributed by atoms with Gasteiger partial charge in [0.2, 0.25) is 0 Å². The number of rotatable bonds is 7. The van der Waals surface area contributed by atoms with Crippen LogP contribution in [-0.4, -0.2) is 67.7 Å². The van der Waals surface area contributed by atoms with Crippen LogP contribution in [0.5, 0.6) is 0 Å². The second-order valence-corrected chi connectivity index (χ2v) is 7.82. The average Bonchev–Trinajstić information content (AvgIpc) is 3.04. The minimum Gasteiger partial charge on any atom is -0.444 e. The molecule has 0 fully saturated rings. The van der Waals surface area contributed by atoms with Crippen LogP contribution in [0.4, 0.5) is 4.79 Å². The topological polar surface area (TPSA) is 57.2 Å². The molecule has 0 spiro atoms.